The van der Waals surface area contributed by atoms with E-state index in [-0.39, 0.29) is 18.3 Å². The number of nitrogens with one attached hydrogen (secondary N) is 2. The fourth-order valence-electron chi connectivity index (χ4n) is 1.08. The molecule has 1 aromatic rings. The summed E-state index contributed by atoms with van der Waals surface area (Å²) in [6.07, 6.45) is 0. The molecule has 90 valence electrons. The maximum Gasteiger partial charge on any atom is 0.238 e. The van der Waals surface area contributed by atoms with E-state index in [9.17, 15) is 4.79 Å². The van der Waals surface area contributed by atoms with Crippen LogP contribution in [0.1, 0.15) is 0 Å². The van der Waals surface area contributed by atoms with Gasteiger partial charge in [-0.25, -0.2) is 0 Å². The molecule has 0 unspecified atom stereocenters. The molecule has 0 aromatic heterocycles. The zero-order chi connectivity index (χ0) is 11.3. The number of hydrogen-bond donors (Lipinski definition) is 2. The van der Waals surface area contributed by atoms with Crippen molar-refractivity contribution < 1.29 is 9.53 Å². The molecule has 1 rings (SSSR count). The summed E-state index contributed by atoms with van der Waals surface area (Å²) in [5.41, 5.74) is 0.773. The predicted octanol–water partition coefficient (Wildman–Crippen LogP) is 1.88. The van der Waals surface area contributed by atoms with Crippen LogP contribution in [0.25, 0.3) is 0 Å². The number of ether oxygens (including phenoxy) is 1. The van der Waals surface area contributed by atoms with Gasteiger partial charge in [0.25, 0.3) is 0 Å². The van der Waals surface area contributed by atoms with Crippen molar-refractivity contribution in [2.75, 3.05) is 26.0 Å². The summed E-state index contributed by atoms with van der Waals surface area (Å²) in [6, 6.07) is 5.55. The van der Waals surface area contributed by atoms with E-state index in [1.54, 1.807) is 20.2 Å². The predicted molar refractivity (Wildman–Crippen MR) is 75.5 cm³/mol. The van der Waals surface area contributed by atoms with Crippen molar-refractivity contribution in [3.8, 4) is 5.75 Å². The number of likely N-dealkylation sites (N-methyl/N-ethyl adjacent to an activating group) is 1. The number of amides is 1. The molecule has 0 fully saturated rings. The summed E-state index contributed by atoms with van der Waals surface area (Å²) < 4.78 is 6.07. The maximum absolute atomic E-state index is 11.3. The van der Waals surface area contributed by atoms with Crippen LogP contribution in [-0.4, -0.2) is 26.6 Å². The van der Waals surface area contributed by atoms with Gasteiger partial charge in [0, 0.05) is 9.64 Å². The zero-order valence-electron chi connectivity index (χ0n) is 9.04. The fourth-order valence-corrected chi connectivity index (χ4v) is 1.55. The number of halogens is 2. The first kappa shape index (κ1) is 15.5. The van der Waals surface area contributed by atoms with E-state index >= 15 is 0 Å². The minimum absolute atomic E-state index is 0. The third-order valence-corrected chi connectivity index (χ3v) is 2.73. The Balaban J connectivity index is 0.00000225. The summed E-state index contributed by atoms with van der Waals surface area (Å²) in [4.78, 5) is 11.3. The van der Waals surface area contributed by atoms with Crippen LogP contribution in [0.3, 0.4) is 0 Å². The molecular formula is C10H14ClIN2O2. The molecule has 1 amide bonds. The minimum Gasteiger partial charge on any atom is -0.497 e. The Kier molecular flexibility index (Phi) is 7.44. The molecular weight excluding hydrogens is 342 g/mol. The van der Waals surface area contributed by atoms with Gasteiger partial charge in [-0.3, -0.25) is 4.79 Å². The first-order chi connectivity index (χ1) is 7.17. The largest absolute Gasteiger partial charge is 0.497 e. The quantitative estimate of drug-likeness (QED) is 0.810. The molecule has 0 saturated carbocycles. The number of carbonyl (C=O) groups is 1. The van der Waals surface area contributed by atoms with Gasteiger partial charge in [-0.05, 0) is 41.8 Å². The van der Waals surface area contributed by atoms with Crippen molar-refractivity contribution in [2.45, 2.75) is 0 Å². The molecule has 1 aromatic carbocycles. The van der Waals surface area contributed by atoms with Crippen molar-refractivity contribution in [3.63, 3.8) is 0 Å². The van der Waals surface area contributed by atoms with Gasteiger partial charge < -0.3 is 15.4 Å². The van der Waals surface area contributed by atoms with Gasteiger partial charge in [0.2, 0.25) is 5.91 Å². The van der Waals surface area contributed by atoms with Crippen LogP contribution in [0.5, 0.6) is 5.75 Å². The first-order valence-corrected chi connectivity index (χ1v) is 5.53. The van der Waals surface area contributed by atoms with Gasteiger partial charge in [0.1, 0.15) is 5.75 Å². The van der Waals surface area contributed by atoms with Crippen LogP contribution in [-0.2, 0) is 4.79 Å². The summed E-state index contributed by atoms with van der Waals surface area (Å²) in [5.74, 6) is 0.666. The van der Waals surface area contributed by atoms with Crippen LogP contribution in [0.4, 0.5) is 5.69 Å². The Bertz CT molecular complexity index is 361. The Morgan fingerprint density at radius 3 is 2.75 bits per heavy atom. The standard InChI is InChI=1S/C10H13IN2O2.ClH/c1-12-6-10(14)13-9-5-7(15-2)3-4-8(9)11;/h3-5,12H,6H2,1-2H3,(H,13,14);1H. The lowest BCUT2D eigenvalue weighted by molar-refractivity contribution is -0.115. The van der Waals surface area contributed by atoms with Gasteiger partial charge in [-0.1, -0.05) is 0 Å². The SMILES string of the molecule is CNCC(=O)Nc1cc(OC)ccc1I.Cl. The lowest BCUT2D eigenvalue weighted by Crippen LogP contribution is -2.25. The topological polar surface area (TPSA) is 50.4 Å². The van der Waals surface area contributed by atoms with Gasteiger partial charge in [0.05, 0.1) is 19.3 Å². The summed E-state index contributed by atoms with van der Waals surface area (Å²) in [6.45, 7) is 0.299. The number of rotatable bonds is 4. The monoisotopic (exact) mass is 356 g/mol. The molecule has 0 saturated heterocycles. The van der Waals surface area contributed by atoms with E-state index < -0.39 is 0 Å². The van der Waals surface area contributed by atoms with Crippen molar-refractivity contribution >= 4 is 46.6 Å². The Labute approximate surface area is 115 Å². The maximum atomic E-state index is 11.3. The Morgan fingerprint density at radius 1 is 1.50 bits per heavy atom. The lowest BCUT2D eigenvalue weighted by Gasteiger charge is -2.08. The summed E-state index contributed by atoms with van der Waals surface area (Å²) >= 11 is 2.16. The fraction of sp³-hybridized carbons (Fsp3) is 0.300. The number of benzene rings is 1. The highest BCUT2D eigenvalue weighted by Gasteiger charge is 2.05. The molecule has 0 bridgehead atoms. The third kappa shape index (κ3) is 4.54. The second-order valence-electron chi connectivity index (χ2n) is 2.92. The smallest absolute Gasteiger partial charge is 0.238 e. The van der Waals surface area contributed by atoms with E-state index in [0.29, 0.717) is 6.54 Å². The number of anilines is 1. The van der Waals surface area contributed by atoms with E-state index in [1.165, 1.54) is 0 Å². The molecule has 16 heavy (non-hydrogen) atoms. The Morgan fingerprint density at radius 2 is 2.19 bits per heavy atom. The molecule has 0 aliphatic heterocycles. The van der Waals surface area contributed by atoms with E-state index in [4.69, 9.17) is 4.74 Å². The molecule has 0 atom stereocenters. The highest BCUT2D eigenvalue weighted by atomic mass is 127. The zero-order valence-corrected chi connectivity index (χ0v) is 12.0. The first-order valence-electron chi connectivity index (χ1n) is 4.45. The van der Waals surface area contributed by atoms with Crippen molar-refractivity contribution in [1.82, 2.24) is 5.32 Å². The lowest BCUT2D eigenvalue weighted by atomic mass is 10.3. The van der Waals surface area contributed by atoms with Crippen LogP contribution in [0.2, 0.25) is 0 Å². The molecule has 0 radical (unpaired) electrons. The normalized spacial score (nSPS) is 9.19. The second kappa shape index (κ2) is 7.70. The molecule has 6 heteroatoms. The van der Waals surface area contributed by atoms with Crippen LogP contribution in [0, 0.1) is 3.57 Å². The number of hydrogen-bond acceptors (Lipinski definition) is 3. The number of methoxy groups -OCH3 is 1. The molecule has 4 nitrogen and oxygen atoms in total. The van der Waals surface area contributed by atoms with Crippen LogP contribution >= 0.6 is 35.0 Å². The average Bonchev–Trinajstić information content (AvgIpc) is 2.21. The van der Waals surface area contributed by atoms with Crippen LogP contribution in [0.15, 0.2) is 18.2 Å². The van der Waals surface area contributed by atoms with E-state index in [0.717, 1.165) is 15.0 Å². The van der Waals surface area contributed by atoms with Crippen molar-refractivity contribution in [3.05, 3.63) is 21.8 Å². The third-order valence-electron chi connectivity index (χ3n) is 1.78. The van der Waals surface area contributed by atoms with E-state index in [2.05, 4.69) is 33.2 Å². The highest BCUT2D eigenvalue weighted by Crippen LogP contribution is 2.23. The second-order valence-corrected chi connectivity index (χ2v) is 4.09. The molecule has 0 spiro atoms. The van der Waals surface area contributed by atoms with Gasteiger partial charge >= 0.3 is 0 Å². The van der Waals surface area contributed by atoms with Crippen molar-refractivity contribution in [2.24, 2.45) is 0 Å². The summed E-state index contributed by atoms with van der Waals surface area (Å²) in [5, 5.41) is 5.59. The van der Waals surface area contributed by atoms with Crippen molar-refractivity contribution in [1.29, 1.82) is 0 Å². The minimum atomic E-state index is -0.0660. The van der Waals surface area contributed by atoms with E-state index in [1.807, 2.05) is 12.1 Å². The van der Waals surface area contributed by atoms with Gasteiger partial charge in [0.15, 0.2) is 0 Å². The Hall–Kier alpha value is -0.530. The molecule has 2 N–H and O–H groups in total. The summed E-state index contributed by atoms with van der Waals surface area (Å²) in [7, 11) is 3.33. The molecule has 0 aliphatic rings. The van der Waals surface area contributed by atoms with Gasteiger partial charge in [-0.2, -0.15) is 0 Å². The number of carbonyl (C=O) groups excluding carboxylic acids is 1. The van der Waals surface area contributed by atoms with Crippen LogP contribution < -0.4 is 15.4 Å². The average molecular weight is 357 g/mol. The van der Waals surface area contributed by atoms with Gasteiger partial charge in [-0.15, -0.1) is 12.4 Å². The molecule has 0 heterocycles. The highest BCUT2D eigenvalue weighted by molar-refractivity contribution is 14.1. The molecule has 0 aliphatic carbocycles.